The molecule has 0 atom stereocenters. The average Bonchev–Trinajstić information content (AvgIpc) is 3.03. The molecule has 1 aromatic heterocycles. The van der Waals surface area contributed by atoms with Crippen molar-refractivity contribution >= 4 is 22.8 Å². The van der Waals surface area contributed by atoms with Crippen LogP contribution in [0, 0.1) is 5.41 Å². The molecule has 1 saturated heterocycles. The van der Waals surface area contributed by atoms with Crippen LogP contribution in [0.4, 0.5) is 0 Å². The molecule has 2 fully saturated rings. The highest BCUT2D eigenvalue weighted by atomic mass is 32.1. The van der Waals surface area contributed by atoms with Crippen LogP contribution in [0.1, 0.15) is 44.1 Å². The normalized spacial score (nSPS) is 22.4. The SMILES string of the molecule is c1cc2nsnc2cc1CNC1CCC2(CCNCC2)CC1. The lowest BCUT2D eigenvalue weighted by Crippen LogP contribution is -2.42. The zero-order valence-electron chi connectivity index (χ0n) is 13.0. The molecule has 0 bridgehead atoms. The van der Waals surface area contributed by atoms with Crippen molar-refractivity contribution in [3.05, 3.63) is 23.8 Å². The molecule has 2 heterocycles. The van der Waals surface area contributed by atoms with E-state index in [1.54, 1.807) is 0 Å². The van der Waals surface area contributed by atoms with E-state index in [4.69, 9.17) is 0 Å². The maximum atomic E-state index is 4.33. The number of benzene rings is 1. The third kappa shape index (κ3) is 3.03. The molecule has 1 spiro atoms. The molecular formula is C17H24N4S. The van der Waals surface area contributed by atoms with E-state index in [-0.39, 0.29) is 0 Å². The summed E-state index contributed by atoms with van der Waals surface area (Å²) in [5.74, 6) is 0. The monoisotopic (exact) mass is 316 g/mol. The maximum absolute atomic E-state index is 4.33. The van der Waals surface area contributed by atoms with Crippen LogP contribution in [0.2, 0.25) is 0 Å². The average molecular weight is 316 g/mol. The Bertz CT molecular complexity index is 622. The van der Waals surface area contributed by atoms with Crippen LogP contribution >= 0.6 is 11.7 Å². The fraction of sp³-hybridized carbons (Fsp3) is 0.647. The summed E-state index contributed by atoms with van der Waals surface area (Å²) >= 11 is 1.29. The predicted octanol–water partition coefficient (Wildman–Crippen LogP) is 3.09. The van der Waals surface area contributed by atoms with E-state index >= 15 is 0 Å². The zero-order chi connectivity index (χ0) is 14.8. The van der Waals surface area contributed by atoms with Gasteiger partial charge in [-0.1, -0.05) is 6.07 Å². The van der Waals surface area contributed by atoms with Gasteiger partial charge in [-0.05, 0) is 74.7 Å². The van der Waals surface area contributed by atoms with Gasteiger partial charge in [-0.2, -0.15) is 8.75 Å². The van der Waals surface area contributed by atoms with Crippen molar-refractivity contribution in [1.29, 1.82) is 0 Å². The quantitative estimate of drug-likeness (QED) is 0.913. The summed E-state index contributed by atoms with van der Waals surface area (Å²) in [6.07, 6.45) is 8.24. The highest BCUT2D eigenvalue weighted by Gasteiger charge is 2.35. The van der Waals surface area contributed by atoms with E-state index < -0.39 is 0 Å². The molecule has 2 N–H and O–H groups in total. The van der Waals surface area contributed by atoms with Gasteiger partial charge >= 0.3 is 0 Å². The Hall–Kier alpha value is -1.04. The predicted molar refractivity (Wildman–Crippen MR) is 91.0 cm³/mol. The van der Waals surface area contributed by atoms with Gasteiger partial charge in [0.25, 0.3) is 0 Å². The first-order valence-electron chi connectivity index (χ1n) is 8.48. The molecule has 4 rings (SSSR count). The molecule has 5 heteroatoms. The van der Waals surface area contributed by atoms with Gasteiger partial charge in [-0.15, -0.1) is 0 Å². The van der Waals surface area contributed by atoms with Crippen molar-refractivity contribution in [2.75, 3.05) is 13.1 Å². The van der Waals surface area contributed by atoms with E-state index in [1.807, 2.05) is 0 Å². The lowest BCUT2D eigenvalue weighted by atomic mass is 9.67. The van der Waals surface area contributed by atoms with Gasteiger partial charge in [-0.25, -0.2) is 0 Å². The fourth-order valence-corrected chi connectivity index (χ4v) is 4.61. The molecular weight excluding hydrogens is 292 g/mol. The molecule has 118 valence electrons. The second kappa shape index (κ2) is 6.22. The minimum Gasteiger partial charge on any atom is -0.317 e. The molecule has 0 radical (unpaired) electrons. The Morgan fingerprint density at radius 1 is 1.09 bits per heavy atom. The summed E-state index contributed by atoms with van der Waals surface area (Å²) in [6.45, 7) is 3.40. The highest BCUT2D eigenvalue weighted by molar-refractivity contribution is 7.00. The third-order valence-corrected chi connectivity index (χ3v) is 6.18. The van der Waals surface area contributed by atoms with E-state index in [0.29, 0.717) is 11.5 Å². The first-order chi connectivity index (χ1) is 10.8. The summed E-state index contributed by atoms with van der Waals surface area (Å²) in [7, 11) is 0. The van der Waals surface area contributed by atoms with Gasteiger partial charge in [0, 0.05) is 12.6 Å². The first kappa shape index (κ1) is 14.5. The van der Waals surface area contributed by atoms with Gasteiger partial charge in [0.2, 0.25) is 0 Å². The van der Waals surface area contributed by atoms with Crippen LogP contribution in [0.5, 0.6) is 0 Å². The van der Waals surface area contributed by atoms with E-state index in [2.05, 4.69) is 37.6 Å². The second-order valence-electron chi connectivity index (χ2n) is 6.99. The molecule has 1 aromatic carbocycles. The number of nitrogens with zero attached hydrogens (tertiary/aromatic N) is 2. The smallest absolute Gasteiger partial charge is 0.105 e. The Kier molecular flexibility index (Phi) is 4.11. The number of nitrogens with one attached hydrogen (secondary N) is 2. The summed E-state index contributed by atoms with van der Waals surface area (Å²) < 4.78 is 8.59. The van der Waals surface area contributed by atoms with Crippen molar-refractivity contribution in [2.24, 2.45) is 5.41 Å². The van der Waals surface area contributed by atoms with Gasteiger partial charge in [0.1, 0.15) is 11.0 Å². The van der Waals surface area contributed by atoms with E-state index in [0.717, 1.165) is 17.6 Å². The standard InChI is InChI=1S/C17H24N4S/c1-2-15-16(21-22-20-15)11-13(1)12-19-14-3-5-17(6-4-14)7-9-18-10-8-17/h1-2,11,14,18-19H,3-10,12H2. The summed E-state index contributed by atoms with van der Waals surface area (Å²) in [5, 5.41) is 7.26. The summed E-state index contributed by atoms with van der Waals surface area (Å²) in [6, 6.07) is 7.11. The van der Waals surface area contributed by atoms with Crippen molar-refractivity contribution < 1.29 is 0 Å². The summed E-state index contributed by atoms with van der Waals surface area (Å²) in [5.41, 5.74) is 4.03. The van der Waals surface area contributed by atoms with E-state index in [9.17, 15) is 0 Å². The Balaban J connectivity index is 1.31. The lowest BCUT2D eigenvalue weighted by molar-refractivity contribution is 0.115. The topological polar surface area (TPSA) is 49.8 Å². The second-order valence-corrected chi connectivity index (χ2v) is 7.52. The van der Waals surface area contributed by atoms with Crippen molar-refractivity contribution in [2.45, 2.75) is 51.1 Å². The van der Waals surface area contributed by atoms with Gasteiger partial charge in [-0.3, -0.25) is 0 Å². The number of hydrogen-bond acceptors (Lipinski definition) is 5. The highest BCUT2D eigenvalue weighted by Crippen LogP contribution is 2.43. The third-order valence-electron chi connectivity index (χ3n) is 5.62. The molecule has 2 aromatic rings. The van der Waals surface area contributed by atoms with E-state index in [1.165, 1.54) is 68.9 Å². The van der Waals surface area contributed by atoms with Gasteiger partial charge < -0.3 is 10.6 Å². The molecule has 1 aliphatic carbocycles. The van der Waals surface area contributed by atoms with Crippen molar-refractivity contribution in [3.63, 3.8) is 0 Å². The Morgan fingerprint density at radius 2 is 1.86 bits per heavy atom. The first-order valence-corrected chi connectivity index (χ1v) is 9.21. The number of piperidine rings is 1. The molecule has 1 aliphatic heterocycles. The number of aromatic nitrogens is 2. The summed E-state index contributed by atoms with van der Waals surface area (Å²) in [4.78, 5) is 0. The van der Waals surface area contributed by atoms with Crippen LogP contribution in [-0.4, -0.2) is 27.9 Å². The molecule has 22 heavy (non-hydrogen) atoms. The molecule has 2 aliphatic rings. The maximum Gasteiger partial charge on any atom is 0.105 e. The van der Waals surface area contributed by atoms with Crippen molar-refractivity contribution in [1.82, 2.24) is 19.4 Å². The largest absolute Gasteiger partial charge is 0.317 e. The Labute approximate surface area is 136 Å². The molecule has 0 amide bonds. The Morgan fingerprint density at radius 3 is 2.68 bits per heavy atom. The van der Waals surface area contributed by atoms with Crippen LogP contribution in [0.15, 0.2) is 18.2 Å². The fourth-order valence-electron chi connectivity index (χ4n) is 4.09. The minimum atomic E-state index is 0.661. The molecule has 4 nitrogen and oxygen atoms in total. The number of fused-ring (bicyclic) bond motifs is 1. The zero-order valence-corrected chi connectivity index (χ0v) is 13.8. The van der Waals surface area contributed by atoms with Gasteiger partial charge in [0.15, 0.2) is 0 Å². The number of hydrogen-bond donors (Lipinski definition) is 2. The van der Waals surface area contributed by atoms with Crippen LogP contribution < -0.4 is 10.6 Å². The van der Waals surface area contributed by atoms with Crippen LogP contribution in [0.25, 0.3) is 11.0 Å². The minimum absolute atomic E-state index is 0.661. The molecule has 0 unspecified atom stereocenters. The van der Waals surface area contributed by atoms with Gasteiger partial charge in [0.05, 0.1) is 11.7 Å². The van der Waals surface area contributed by atoms with Crippen LogP contribution in [-0.2, 0) is 6.54 Å². The van der Waals surface area contributed by atoms with Crippen molar-refractivity contribution in [3.8, 4) is 0 Å². The number of rotatable bonds is 3. The van der Waals surface area contributed by atoms with Crippen LogP contribution in [0.3, 0.4) is 0 Å². The lowest BCUT2D eigenvalue weighted by Gasteiger charge is -2.43. The molecule has 1 saturated carbocycles.